The number of nitrogens with zero attached hydrogens (tertiary/aromatic N) is 1. The lowest BCUT2D eigenvalue weighted by Gasteiger charge is -2.20. The zero-order chi connectivity index (χ0) is 12.5. The van der Waals surface area contributed by atoms with E-state index in [9.17, 15) is 0 Å². The highest BCUT2D eigenvalue weighted by Crippen LogP contribution is 2.08. The maximum absolute atomic E-state index is 5.46. The first kappa shape index (κ1) is 14.1. The van der Waals surface area contributed by atoms with Crippen LogP contribution >= 0.6 is 0 Å². The van der Waals surface area contributed by atoms with Crippen molar-refractivity contribution in [2.24, 2.45) is 0 Å². The van der Waals surface area contributed by atoms with Crippen LogP contribution in [0.25, 0.3) is 0 Å². The molecule has 0 aliphatic heterocycles. The predicted molar refractivity (Wildman–Crippen MR) is 67.7 cm³/mol. The number of aromatic nitrogens is 1. The summed E-state index contributed by atoms with van der Waals surface area (Å²) >= 11 is 0. The van der Waals surface area contributed by atoms with Crippen LogP contribution in [0.1, 0.15) is 32.5 Å². The molecular weight excluding hydrogens is 216 g/mol. The Balaban J connectivity index is 2.38. The third-order valence-electron chi connectivity index (χ3n) is 2.43. The highest BCUT2D eigenvalue weighted by molar-refractivity contribution is 5.07. The molecule has 0 amide bonds. The summed E-state index contributed by atoms with van der Waals surface area (Å²) in [6.45, 7) is 7.99. The van der Waals surface area contributed by atoms with Crippen molar-refractivity contribution in [1.29, 1.82) is 0 Å². The number of ether oxygens (including phenoxy) is 2. The molecule has 0 saturated heterocycles. The van der Waals surface area contributed by atoms with Gasteiger partial charge in [-0.25, -0.2) is 0 Å². The van der Waals surface area contributed by atoms with E-state index in [0.29, 0.717) is 19.8 Å². The van der Waals surface area contributed by atoms with Crippen molar-refractivity contribution >= 4 is 0 Å². The molecule has 0 aliphatic carbocycles. The molecule has 1 aromatic rings. The van der Waals surface area contributed by atoms with Crippen molar-refractivity contribution in [3.05, 3.63) is 30.1 Å². The van der Waals surface area contributed by atoms with Gasteiger partial charge in [0.15, 0.2) is 6.29 Å². The third-order valence-corrected chi connectivity index (χ3v) is 2.43. The third kappa shape index (κ3) is 5.26. The van der Waals surface area contributed by atoms with Crippen LogP contribution in [0.3, 0.4) is 0 Å². The zero-order valence-corrected chi connectivity index (χ0v) is 10.8. The Hall–Kier alpha value is -0.970. The lowest BCUT2D eigenvalue weighted by atomic mass is 10.2. The fourth-order valence-corrected chi connectivity index (χ4v) is 1.55. The van der Waals surface area contributed by atoms with Gasteiger partial charge in [-0.1, -0.05) is 6.07 Å². The molecule has 0 bridgehead atoms. The summed E-state index contributed by atoms with van der Waals surface area (Å²) < 4.78 is 10.9. The number of hydrogen-bond donors (Lipinski definition) is 1. The van der Waals surface area contributed by atoms with Crippen molar-refractivity contribution in [3.63, 3.8) is 0 Å². The Labute approximate surface area is 103 Å². The van der Waals surface area contributed by atoms with Crippen molar-refractivity contribution in [2.45, 2.75) is 33.1 Å². The van der Waals surface area contributed by atoms with E-state index in [-0.39, 0.29) is 12.3 Å². The van der Waals surface area contributed by atoms with E-state index < -0.39 is 0 Å². The average molecular weight is 238 g/mol. The Morgan fingerprint density at radius 3 is 2.47 bits per heavy atom. The summed E-state index contributed by atoms with van der Waals surface area (Å²) in [5.74, 6) is 0. The fraction of sp³-hybridized carbons (Fsp3) is 0.615. The van der Waals surface area contributed by atoms with Crippen molar-refractivity contribution in [3.8, 4) is 0 Å². The van der Waals surface area contributed by atoms with Crippen molar-refractivity contribution < 1.29 is 9.47 Å². The monoisotopic (exact) mass is 238 g/mol. The molecule has 0 radical (unpaired) electrons. The van der Waals surface area contributed by atoms with Gasteiger partial charge < -0.3 is 14.8 Å². The molecule has 1 aromatic heterocycles. The first-order chi connectivity index (χ1) is 8.27. The lowest BCUT2D eigenvalue weighted by molar-refractivity contribution is -0.133. The Bertz CT molecular complexity index is 287. The number of pyridine rings is 1. The van der Waals surface area contributed by atoms with Crippen LogP contribution in [0.4, 0.5) is 0 Å². The molecule has 0 aromatic carbocycles. The van der Waals surface area contributed by atoms with E-state index in [2.05, 4.69) is 17.2 Å². The Kier molecular flexibility index (Phi) is 6.77. The molecule has 1 N–H and O–H groups in total. The SMILES string of the molecule is CCOC(CNC(C)c1ccccn1)OCC. The lowest BCUT2D eigenvalue weighted by Crippen LogP contribution is -2.33. The number of nitrogens with one attached hydrogen (secondary N) is 1. The normalized spacial score (nSPS) is 12.9. The van der Waals surface area contributed by atoms with Crippen LogP contribution in [0.2, 0.25) is 0 Å². The molecule has 0 spiro atoms. The highest BCUT2D eigenvalue weighted by Gasteiger charge is 2.11. The molecule has 1 atom stereocenters. The quantitative estimate of drug-likeness (QED) is 0.705. The molecule has 0 aliphatic rings. The van der Waals surface area contributed by atoms with Gasteiger partial charge in [0.05, 0.1) is 5.69 Å². The molecule has 96 valence electrons. The van der Waals surface area contributed by atoms with Gasteiger partial charge in [-0.2, -0.15) is 0 Å². The van der Waals surface area contributed by atoms with E-state index in [1.54, 1.807) is 6.20 Å². The van der Waals surface area contributed by atoms with Crippen LogP contribution in [0, 0.1) is 0 Å². The fourth-order valence-electron chi connectivity index (χ4n) is 1.55. The summed E-state index contributed by atoms with van der Waals surface area (Å²) in [6, 6.07) is 6.11. The standard InChI is InChI=1S/C13H22N2O2/c1-4-16-13(17-5-2)10-15-11(3)12-8-6-7-9-14-12/h6-9,11,13,15H,4-5,10H2,1-3H3. The van der Waals surface area contributed by atoms with Crippen LogP contribution < -0.4 is 5.32 Å². The molecule has 1 unspecified atom stereocenters. The second kappa shape index (κ2) is 8.17. The van der Waals surface area contributed by atoms with Crippen LogP contribution in [0.15, 0.2) is 24.4 Å². The minimum atomic E-state index is -0.184. The average Bonchev–Trinajstić information content (AvgIpc) is 2.37. The molecule has 0 saturated carbocycles. The van der Waals surface area contributed by atoms with Crippen molar-refractivity contribution in [2.75, 3.05) is 19.8 Å². The van der Waals surface area contributed by atoms with Gasteiger partial charge in [0.25, 0.3) is 0 Å². The minimum absolute atomic E-state index is 0.184. The second-order valence-corrected chi connectivity index (χ2v) is 3.72. The number of hydrogen-bond acceptors (Lipinski definition) is 4. The van der Waals surface area contributed by atoms with E-state index in [1.165, 1.54) is 0 Å². The van der Waals surface area contributed by atoms with Gasteiger partial charge in [-0.05, 0) is 32.9 Å². The molecule has 4 heteroatoms. The minimum Gasteiger partial charge on any atom is -0.352 e. The van der Waals surface area contributed by atoms with Gasteiger partial charge in [0, 0.05) is 32.0 Å². The molecule has 4 nitrogen and oxygen atoms in total. The Morgan fingerprint density at radius 2 is 1.94 bits per heavy atom. The maximum atomic E-state index is 5.46. The number of rotatable bonds is 8. The summed E-state index contributed by atoms with van der Waals surface area (Å²) in [6.07, 6.45) is 1.62. The first-order valence-electron chi connectivity index (χ1n) is 6.15. The van der Waals surface area contributed by atoms with E-state index in [4.69, 9.17) is 9.47 Å². The topological polar surface area (TPSA) is 43.4 Å². The molecule has 17 heavy (non-hydrogen) atoms. The summed E-state index contributed by atoms with van der Waals surface area (Å²) in [5, 5.41) is 3.36. The zero-order valence-electron chi connectivity index (χ0n) is 10.8. The smallest absolute Gasteiger partial charge is 0.169 e. The predicted octanol–water partition coefficient (Wildman–Crippen LogP) is 2.13. The van der Waals surface area contributed by atoms with E-state index >= 15 is 0 Å². The summed E-state index contributed by atoms with van der Waals surface area (Å²) in [4.78, 5) is 4.30. The summed E-state index contributed by atoms with van der Waals surface area (Å²) in [5.41, 5.74) is 1.03. The molecule has 1 heterocycles. The van der Waals surface area contributed by atoms with Gasteiger partial charge in [-0.15, -0.1) is 0 Å². The largest absolute Gasteiger partial charge is 0.352 e. The molecular formula is C13H22N2O2. The van der Waals surface area contributed by atoms with Crippen LogP contribution in [-0.4, -0.2) is 31.0 Å². The highest BCUT2D eigenvalue weighted by atomic mass is 16.7. The second-order valence-electron chi connectivity index (χ2n) is 3.72. The maximum Gasteiger partial charge on any atom is 0.169 e. The summed E-state index contributed by atoms with van der Waals surface area (Å²) in [7, 11) is 0. The van der Waals surface area contributed by atoms with Crippen molar-refractivity contribution in [1.82, 2.24) is 10.3 Å². The molecule has 0 fully saturated rings. The van der Waals surface area contributed by atoms with Gasteiger partial charge in [-0.3, -0.25) is 4.98 Å². The Morgan fingerprint density at radius 1 is 1.24 bits per heavy atom. The van der Waals surface area contributed by atoms with Gasteiger partial charge in [0.1, 0.15) is 0 Å². The van der Waals surface area contributed by atoms with Gasteiger partial charge >= 0.3 is 0 Å². The van der Waals surface area contributed by atoms with E-state index in [0.717, 1.165) is 5.69 Å². The van der Waals surface area contributed by atoms with Crippen LogP contribution in [0.5, 0.6) is 0 Å². The first-order valence-corrected chi connectivity index (χ1v) is 6.15. The van der Waals surface area contributed by atoms with E-state index in [1.807, 2.05) is 32.0 Å². The van der Waals surface area contributed by atoms with Crippen LogP contribution in [-0.2, 0) is 9.47 Å². The van der Waals surface area contributed by atoms with Gasteiger partial charge in [0.2, 0.25) is 0 Å². The molecule has 1 rings (SSSR count).